The third kappa shape index (κ3) is 5.18. The average molecular weight is 303 g/mol. The summed E-state index contributed by atoms with van der Waals surface area (Å²) in [6, 6.07) is 7.26. The second kappa shape index (κ2) is 6.55. The molecule has 1 aromatic rings. The maximum atomic E-state index is 11.4. The van der Waals surface area contributed by atoms with Crippen molar-refractivity contribution in [3.05, 3.63) is 28.7 Å². The molecule has 0 aromatic heterocycles. The van der Waals surface area contributed by atoms with Gasteiger partial charge in [0.2, 0.25) is 11.8 Å². The Bertz CT molecular complexity index is 381. The SMILES string of the molecule is NC(=O)CSCC(=O)Nc1ccc(Br)cc1. The van der Waals surface area contributed by atoms with Crippen LogP contribution < -0.4 is 11.1 Å². The third-order valence-electron chi connectivity index (χ3n) is 1.61. The third-order valence-corrected chi connectivity index (χ3v) is 3.09. The van der Waals surface area contributed by atoms with Crippen molar-refractivity contribution >= 4 is 45.2 Å². The van der Waals surface area contributed by atoms with E-state index in [0.29, 0.717) is 0 Å². The molecule has 0 spiro atoms. The molecular formula is C10H11BrN2O2S. The molecule has 4 nitrogen and oxygen atoms in total. The number of hydrogen-bond donors (Lipinski definition) is 2. The number of carbonyl (C=O) groups is 2. The van der Waals surface area contributed by atoms with Gasteiger partial charge in [0, 0.05) is 10.2 Å². The van der Waals surface area contributed by atoms with Crippen LogP contribution in [0.15, 0.2) is 28.7 Å². The minimum Gasteiger partial charge on any atom is -0.369 e. The number of rotatable bonds is 5. The number of hydrogen-bond acceptors (Lipinski definition) is 3. The first-order valence-corrected chi connectivity index (χ1v) is 6.44. The van der Waals surface area contributed by atoms with Crippen molar-refractivity contribution in [1.29, 1.82) is 0 Å². The predicted molar refractivity (Wildman–Crippen MR) is 69.3 cm³/mol. The van der Waals surface area contributed by atoms with E-state index >= 15 is 0 Å². The van der Waals surface area contributed by atoms with E-state index in [1.807, 2.05) is 12.1 Å². The Morgan fingerprint density at radius 3 is 2.44 bits per heavy atom. The Labute approximate surface area is 106 Å². The highest BCUT2D eigenvalue weighted by Gasteiger charge is 2.03. The minimum atomic E-state index is -0.415. The molecule has 0 aliphatic carbocycles. The first-order chi connectivity index (χ1) is 7.58. The molecule has 0 unspecified atom stereocenters. The van der Waals surface area contributed by atoms with Gasteiger partial charge in [0.25, 0.3) is 0 Å². The standard InChI is InChI=1S/C10H11BrN2O2S/c11-7-1-3-8(4-2-7)13-10(15)6-16-5-9(12)14/h1-4H,5-6H2,(H2,12,14)(H,13,15). The van der Waals surface area contributed by atoms with Crippen LogP contribution in [0.3, 0.4) is 0 Å². The van der Waals surface area contributed by atoms with Crippen molar-refractivity contribution in [3.63, 3.8) is 0 Å². The second-order valence-corrected chi connectivity index (χ2v) is 4.92. The van der Waals surface area contributed by atoms with Crippen molar-refractivity contribution in [2.24, 2.45) is 5.73 Å². The Kier molecular flexibility index (Phi) is 5.34. The summed E-state index contributed by atoms with van der Waals surface area (Å²) in [4.78, 5) is 21.8. The summed E-state index contributed by atoms with van der Waals surface area (Å²) in [5.74, 6) is -0.178. The zero-order chi connectivity index (χ0) is 12.0. The zero-order valence-corrected chi connectivity index (χ0v) is 10.8. The van der Waals surface area contributed by atoms with Crippen LogP contribution in [0.2, 0.25) is 0 Å². The van der Waals surface area contributed by atoms with Gasteiger partial charge in [0.05, 0.1) is 11.5 Å². The van der Waals surface area contributed by atoms with Gasteiger partial charge in [-0.15, -0.1) is 11.8 Å². The van der Waals surface area contributed by atoms with E-state index < -0.39 is 5.91 Å². The van der Waals surface area contributed by atoms with E-state index in [1.165, 1.54) is 11.8 Å². The molecule has 3 N–H and O–H groups in total. The Hall–Kier alpha value is -1.01. The fourth-order valence-electron chi connectivity index (χ4n) is 0.975. The monoisotopic (exact) mass is 302 g/mol. The van der Waals surface area contributed by atoms with E-state index in [-0.39, 0.29) is 17.4 Å². The number of benzene rings is 1. The van der Waals surface area contributed by atoms with Gasteiger partial charge in [-0.25, -0.2) is 0 Å². The summed E-state index contributed by atoms with van der Waals surface area (Å²) in [5, 5.41) is 2.71. The smallest absolute Gasteiger partial charge is 0.234 e. The molecule has 86 valence electrons. The van der Waals surface area contributed by atoms with E-state index in [9.17, 15) is 9.59 Å². The van der Waals surface area contributed by atoms with Gasteiger partial charge in [-0.05, 0) is 24.3 Å². The molecule has 16 heavy (non-hydrogen) atoms. The molecule has 1 aromatic carbocycles. The highest BCUT2D eigenvalue weighted by Crippen LogP contribution is 2.14. The predicted octanol–water partition coefficient (Wildman–Crippen LogP) is 1.61. The number of anilines is 1. The summed E-state index contributed by atoms with van der Waals surface area (Å²) >= 11 is 4.50. The quantitative estimate of drug-likeness (QED) is 0.868. The Morgan fingerprint density at radius 1 is 1.25 bits per heavy atom. The molecule has 1 rings (SSSR count). The van der Waals surface area contributed by atoms with E-state index in [1.54, 1.807) is 12.1 Å². The number of nitrogens with two attached hydrogens (primary N) is 1. The van der Waals surface area contributed by atoms with Gasteiger partial charge in [0.15, 0.2) is 0 Å². The number of carbonyl (C=O) groups excluding carboxylic acids is 2. The minimum absolute atomic E-state index is 0.145. The summed E-state index contributed by atoms with van der Waals surface area (Å²) < 4.78 is 0.952. The lowest BCUT2D eigenvalue weighted by molar-refractivity contribution is -0.115. The van der Waals surface area contributed by atoms with Crippen LogP contribution in [0, 0.1) is 0 Å². The normalized spacial score (nSPS) is 9.81. The van der Waals surface area contributed by atoms with E-state index in [0.717, 1.165) is 10.2 Å². The maximum Gasteiger partial charge on any atom is 0.234 e. The van der Waals surface area contributed by atoms with E-state index in [4.69, 9.17) is 5.73 Å². The highest BCUT2D eigenvalue weighted by atomic mass is 79.9. The number of nitrogens with one attached hydrogen (secondary N) is 1. The molecule has 0 fully saturated rings. The average Bonchev–Trinajstić information content (AvgIpc) is 2.21. The van der Waals surface area contributed by atoms with Gasteiger partial charge in [0.1, 0.15) is 0 Å². The second-order valence-electron chi connectivity index (χ2n) is 3.01. The van der Waals surface area contributed by atoms with E-state index in [2.05, 4.69) is 21.2 Å². The van der Waals surface area contributed by atoms with Crippen LogP contribution in [-0.4, -0.2) is 23.3 Å². The molecule has 0 aliphatic heterocycles. The molecule has 6 heteroatoms. The number of halogens is 1. The van der Waals surface area contributed by atoms with Gasteiger partial charge < -0.3 is 11.1 Å². The lowest BCUT2D eigenvalue weighted by Gasteiger charge is -2.04. The van der Waals surface area contributed by atoms with Crippen LogP contribution in [0.4, 0.5) is 5.69 Å². The van der Waals surface area contributed by atoms with Crippen molar-refractivity contribution in [1.82, 2.24) is 0 Å². The summed E-state index contributed by atoms with van der Waals surface area (Å²) in [6.07, 6.45) is 0. The number of primary amides is 1. The first kappa shape index (κ1) is 13.1. The molecule has 0 saturated heterocycles. The van der Waals surface area contributed by atoms with Crippen LogP contribution in [0.1, 0.15) is 0 Å². The van der Waals surface area contributed by atoms with Crippen molar-refractivity contribution in [2.75, 3.05) is 16.8 Å². The van der Waals surface area contributed by atoms with Crippen molar-refractivity contribution in [3.8, 4) is 0 Å². The maximum absolute atomic E-state index is 11.4. The van der Waals surface area contributed by atoms with Crippen LogP contribution in [-0.2, 0) is 9.59 Å². The molecule has 0 heterocycles. The molecule has 0 atom stereocenters. The molecular weight excluding hydrogens is 292 g/mol. The summed E-state index contributed by atoms with van der Waals surface area (Å²) in [5.41, 5.74) is 5.68. The molecule has 0 bridgehead atoms. The zero-order valence-electron chi connectivity index (χ0n) is 8.40. The molecule has 0 radical (unpaired) electrons. The Morgan fingerprint density at radius 2 is 1.88 bits per heavy atom. The van der Waals surface area contributed by atoms with Crippen molar-refractivity contribution < 1.29 is 9.59 Å². The van der Waals surface area contributed by atoms with Gasteiger partial charge in [-0.3, -0.25) is 9.59 Å². The molecule has 0 saturated carbocycles. The highest BCUT2D eigenvalue weighted by molar-refractivity contribution is 9.10. The Balaban J connectivity index is 2.34. The molecule has 0 aliphatic rings. The van der Waals surface area contributed by atoms with Crippen LogP contribution in [0.25, 0.3) is 0 Å². The van der Waals surface area contributed by atoms with Crippen LogP contribution in [0.5, 0.6) is 0 Å². The van der Waals surface area contributed by atoms with Gasteiger partial charge in [-0.1, -0.05) is 15.9 Å². The number of amides is 2. The van der Waals surface area contributed by atoms with Crippen LogP contribution >= 0.6 is 27.7 Å². The fourth-order valence-corrected chi connectivity index (χ4v) is 1.80. The number of thioether (sulfide) groups is 1. The fraction of sp³-hybridized carbons (Fsp3) is 0.200. The molecule has 2 amide bonds. The largest absolute Gasteiger partial charge is 0.369 e. The lowest BCUT2D eigenvalue weighted by Crippen LogP contribution is -2.18. The summed E-state index contributed by atoms with van der Waals surface area (Å²) in [7, 11) is 0. The van der Waals surface area contributed by atoms with Gasteiger partial charge in [-0.2, -0.15) is 0 Å². The van der Waals surface area contributed by atoms with Crippen molar-refractivity contribution in [2.45, 2.75) is 0 Å². The lowest BCUT2D eigenvalue weighted by atomic mass is 10.3. The topological polar surface area (TPSA) is 72.2 Å². The van der Waals surface area contributed by atoms with Gasteiger partial charge >= 0.3 is 0 Å². The summed E-state index contributed by atoms with van der Waals surface area (Å²) in [6.45, 7) is 0. The first-order valence-electron chi connectivity index (χ1n) is 4.49.